The molecule has 1 saturated heterocycles. The highest BCUT2D eigenvalue weighted by Crippen LogP contribution is 2.37. The van der Waals surface area contributed by atoms with Gasteiger partial charge in [-0.1, -0.05) is 12.8 Å². The number of nitrogens with one attached hydrogen (secondary N) is 1. The van der Waals surface area contributed by atoms with Crippen LogP contribution in [0.1, 0.15) is 32.1 Å². The van der Waals surface area contributed by atoms with Gasteiger partial charge in [-0.05, 0) is 25.0 Å². The average Bonchev–Trinajstić information content (AvgIpc) is 2.92. The van der Waals surface area contributed by atoms with E-state index in [1.807, 2.05) is 0 Å². The van der Waals surface area contributed by atoms with Crippen molar-refractivity contribution in [3.63, 3.8) is 0 Å². The van der Waals surface area contributed by atoms with E-state index < -0.39 is 30.1 Å². The van der Waals surface area contributed by atoms with Gasteiger partial charge in [0.15, 0.2) is 6.61 Å². The van der Waals surface area contributed by atoms with E-state index in [9.17, 15) is 28.0 Å². The fourth-order valence-electron chi connectivity index (χ4n) is 3.65. The number of esters is 1. The summed E-state index contributed by atoms with van der Waals surface area (Å²) in [5.74, 6) is -4.23. The fraction of sp³-hybridized carbons (Fsp3) is 0.474. The van der Waals surface area contributed by atoms with Crippen molar-refractivity contribution < 1.29 is 32.7 Å². The van der Waals surface area contributed by atoms with Gasteiger partial charge in [0.05, 0.1) is 23.9 Å². The maximum Gasteiger partial charge on any atom is 0.308 e. The maximum atomic E-state index is 13.5. The van der Waals surface area contributed by atoms with E-state index in [4.69, 9.17) is 4.74 Å². The first kappa shape index (κ1) is 19.9. The fourth-order valence-corrected chi connectivity index (χ4v) is 3.65. The number of imide groups is 1. The summed E-state index contributed by atoms with van der Waals surface area (Å²) in [4.78, 5) is 49.3. The lowest BCUT2D eigenvalue weighted by atomic mass is 9.81. The summed E-state index contributed by atoms with van der Waals surface area (Å²) in [6.45, 7) is -0.786. The number of amides is 3. The number of hydrogen-bond donors (Lipinski definition) is 1. The molecule has 1 aliphatic carbocycles. The van der Waals surface area contributed by atoms with Gasteiger partial charge in [-0.25, -0.2) is 8.78 Å². The SMILES string of the molecule is O=C(COC(=O)CCN1C(=O)[C@H]2CCCC[C@H]2C1=O)Nc1cc(F)ccc1F. The lowest BCUT2D eigenvalue weighted by Crippen LogP contribution is -2.33. The van der Waals surface area contributed by atoms with Gasteiger partial charge in [0.1, 0.15) is 11.6 Å². The molecule has 1 aliphatic heterocycles. The summed E-state index contributed by atoms with van der Waals surface area (Å²) in [6, 6.07) is 2.57. The van der Waals surface area contributed by atoms with E-state index in [1.54, 1.807) is 0 Å². The van der Waals surface area contributed by atoms with Crippen molar-refractivity contribution in [3.05, 3.63) is 29.8 Å². The van der Waals surface area contributed by atoms with Crippen molar-refractivity contribution in [3.8, 4) is 0 Å². The molecule has 9 heteroatoms. The Morgan fingerprint density at radius 1 is 1.11 bits per heavy atom. The summed E-state index contributed by atoms with van der Waals surface area (Å²) in [7, 11) is 0. The molecule has 2 aliphatic rings. The van der Waals surface area contributed by atoms with Crippen molar-refractivity contribution in [2.75, 3.05) is 18.5 Å². The van der Waals surface area contributed by atoms with Gasteiger partial charge in [-0.3, -0.25) is 24.1 Å². The summed E-state index contributed by atoms with van der Waals surface area (Å²) in [5, 5.41) is 2.10. The summed E-state index contributed by atoms with van der Waals surface area (Å²) >= 11 is 0. The molecule has 1 aromatic carbocycles. The van der Waals surface area contributed by atoms with Gasteiger partial charge in [0, 0.05) is 12.6 Å². The zero-order valence-corrected chi connectivity index (χ0v) is 15.1. The second-order valence-electron chi connectivity index (χ2n) is 6.91. The predicted octanol–water partition coefficient (Wildman–Crippen LogP) is 2.01. The number of ether oxygens (including phenoxy) is 1. The molecule has 2 atom stereocenters. The van der Waals surface area contributed by atoms with Crippen molar-refractivity contribution in [1.82, 2.24) is 4.90 Å². The minimum Gasteiger partial charge on any atom is -0.456 e. The highest BCUT2D eigenvalue weighted by atomic mass is 19.1. The molecule has 3 amide bonds. The van der Waals surface area contributed by atoms with Gasteiger partial charge < -0.3 is 10.1 Å². The number of benzene rings is 1. The van der Waals surface area contributed by atoms with Crippen molar-refractivity contribution in [1.29, 1.82) is 0 Å². The van der Waals surface area contributed by atoms with Gasteiger partial charge in [0.2, 0.25) is 11.8 Å². The number of carbonyl (C=O) groups is 4. The van der Waals surface area contributed by atoms with Gasteiger partial charge in [-0.15, -0.1) is 0 Å². The van der Waals surface area contributed by atoms with Crippen LogP contribution < -0.4 is 5.32 Å². The topological polar surface area (TPSA) is 92.8 Å². The van der Waals surface area contributed by atoms with Crippen LogP contribution in [0.15, 0.2) is 18.2 Å². The number of anilines is 1. The molecule has 3 rings (SSSR count). The number of likely N-dealkylation sites (tertiary alicyclic amines) is 1. The zero-order chi connectivity index (χ0) is 20.3. The van der Waals surface area contributed by atoms with Crippen molar-refractivity contribution >= 4 is 29.4 Å². The maximum absolute atomic E-state index is 13.5. The van der Waals surface area contributed by atoms with Crippen LogP contribution in [0.2, 0.25) is 0 Å². The third kappa shape index (κ3) is 4.35. The third-order valence-electron chi connectivity index (χ3n) is 5.04. The van der Waals surface area contributed by atoms with E-state index in [1.165, 1.54) is 0 Å². The standard InChI is InChI=1S/C19H20F2N2O5/c20-11-5-6-14(21)15(9-11)22-16(24)10-28-17(25)7-8-23-18(26)12-3-1-2-4-13(12)19(23)27/h5-6,9,12-13H,1-4,7-8,10H2,(H,22,24)/t12-,13+. The van der Waals surface area contributed by atoms with Gasteiger partial charge in [-0.2, -0.15) is 0 Å². The first-order valence-electron chi connectivity index (χ1n) is 9.12. The van der Waals surface area contributed by atoms with E-state index in [0.29, 0.717) is 12.8 Å². The highest BCUT2D eigenvalue weighted by Gasteiger charge is 2.47. The molecule has 1 heterocycles. The van der Waals surface area contributed by atoms with Crippen LogP contribution in [0, 0.1) is 23.5 Å². The summed E-state index contributed by atoms with van der Waals surface area (Å²) in [6.07, 6.45) is 2.96. The van der Waals surface area contributed by atoms with Crippen LogP contribution in [-0.4, -0.2) is 41.7 Å². The Hall–Kier alpha value is -2.84. The largest absolute Gasteiger partial charge is 0.456 e. The van der Waals surface area contributed by atoms with Crippen LogP contribution in [0.25, 0.3) is 0 Å². The normalized spacial score (nSPS) is 21.4. The van der Waals surface area contributed by atoms with Crippen molar-refractivity contribution in [2.24, 2.45) is 11.8 Å². The minimum absolute atomic E-state index is 0.0936. The van der Waals surface area contributed by atoms with E-state index >= 15 is 0 Å². The van der Waals surface area contributed by atoms with Crippen LogP contribution in [-0.2, 0) is 23.9 Å². The molecule has 150 valence electrons. The number of hydrogen-bond acceptors (Lipinski definition) is 5. The lowest BCUT2D eigenvalue weighted by molar-refractivity contribution is -0.148. The first-order chi connectivity index (χ1) is 13.4. The monoisotopic (exact) mass is 394 g/mol. The molecule has 28 heavy (non-hydrogen) atoms. The van der Waals surface area contributed by atoms with E-state index in [0.717, 1.165) is 35.9 Å². The van der Waals surface area contributed by atoms with Gasteiger partial charge >= 0.3 is 5.97 Å². The molecule has 0 spiro atoms. The van der Waals surface area contributed by atoms with E-state index in [2.05, 4.69) is 5.32 Å². The molecule has 0 bridgehead atoms. The summed E-state index contributed by atoms with van der Waals surface area (Å²) < 4.78 is 31.3. The molecule has 0 radical (unpaired) electrons. The predicted molar refractivity (Wildman–Crippen MR) is 92.7 cm³/mol. The second-order valence-corrected chi connectivity index (χ2v) is 6.91. The van der Waals surface area contributed by atoms with Crippen molar-refractivity contribution in [2.45, 2.75) is 32.1 Å². The molecule has 1 aromatic rings. The molecular formula is C19H20F2N2O5. The Kier molecular flexibility index (Phi) is 6.01. The highest BCUT2D eigenvalue weighted by molar-refractivity contribution is 6.05. The molecule has 1 saturated carbocycles. The molecule has 0 unspecified atom stereocenters. The van der Waals surface area contributed by atoms with Crippen LogP contribution in [0.3, 0.4) is 0 Å². The Morgan fingerprint density at radius 3 is 2.39 bits per heavy atom. The van der Waals surface area contributed by atoms with Crippen LogP contribution >= 0.6 is 0 Å². The average molecular weight is 394 g/mol. The number of rotatable bonds is 6. The number of halogens is 2. The second kappa shape index (κ2) is 8.45. The quantitative estimate of drug-likeness (QED) is 0.589. The number of nitrogens with zero attached hydrogens (tertiary/aromatic N) is 1. The smallest absolute Gasteiger partial charge is 0.308 e. The molecular weight excluding hydrogens is 374 g/mol. The summed E-state index contributed by atoms with van der Waals surface area (Å²) in [5.41, 5.74) is -0.364. The molecule has 0 aromatic heterocycles. The molecule has 1 N–H and O–H groups in total. The van der Waals surface area contributed by atoms with Crippen LogP contribution in [0.4, 0.5) is 14.5 Å². The Morgan fingerprint density at radius 2 is 1.75 bits per heavy atom. The zero-order valence-electron chi connectivity index (χ0n) is 15.1. The number of carbonyl (C=O) groups excluding carboxylic acids is 4. The Bertz CT molecular complexity index is 790. The first-order valence-corrected chi connectivity index (χ1v) is 9.12. The lowest BCUT2D eigenvalue weighted by Gasteiger charge is -2.19. The number of fused-ring (bicyclic) bond motifs is 1. The van der Waals surface area contributed by atoms with E-state index in [-0.39, 0.29) is 42.3 Å². The van der Waals surface area contributed by atoms with Crippen LogP contribution in [0.5, 0.6) is 0 Å². The third-order valence-corrected chi connectivity index (χ3v) is 5.04. The Balaban J connectivity index is 1.44. The molecule has 2 fully saturated rings. The van der Waals surface area contributed by atoms with Gasteiger partial charge in [0.25, 0.3) is 5.91 Å². The minimum atomic E-state index is -0.836. The Labute approximate surface area is 160 Å². The molecule has 7 nitrogen and oxygen atoms in total.